The maximum atomic E-state index is 13.4. The zero-order chi connectivity index (χ0) is 21.1. The maximum absolute atomic E-state index is 13.4. The zero-order valence-electron chi connectivity index (χ0n) is 18.5. The highest BCUT2D eigenvalue weighted by atomic mass is 32.2. The summed E-state index contributed by atoms with van der Waals surface area (Å²) in [5.41, 5.74) is 1.78. The topological polar surface area (TPSA) is 49.4 Å². The second-order valence-corrected chi connectivity index (χ2v) is 10.9. The minimum atomic E-state index is -0.416. The van der Waals surface area contributed by atoms with Gasteiger partial charge in [-0.1, -0.05) is 67.0 Å². The van der Waals surface area contributed by atoms with Gasteiger partial charge in [-0.05, 0) is 34.9 Å². The lowest BCUT2D eigenvalue weighted by Crippen LogP contribution is -2.52. The van der Waals surface area contributed by atoms with Gasteiger partial charge in [-0.2, -0.15) is 0 Å². The van der Waals surface area contributed by atoms with E-state index in [1.165, 1.54) is 5.56 Å². The Bertz CT molecular complexity index is 686. The molecule has 2 unspecified atom stereocenters. The number of benzene rings is 1. The van der Waals surface area contributed by atoms with Gasteiger partial charge in [-0.25, -0.2) is 0 Å². The van der Waals surface area contributed by atoms with Crippen LogP contribution in [0.3, 0.4) is 0 Å². The number of unbranched alkanes of at least 4 members (excludes halogenated alkanes) is 1. The number of hydrogen-bond acceptors (Lipinski definition) is 3. The second-order valence-electron chi connectivity index (χ2n) is 9.75. The summed E-state index contributed by atoms with van der Waals surface area (Å²) in [6.45, 7) is 15.6. The third-order valence-corrected chi connectivity index (χ3v) is 6.86. The van der Waals surface area contributed by atoms with Crippen molar-refractivity contribution in [1.82, 2.24) is 10.2 Å². The molecule has 4 nitrogen and oxygen atoms in total. The first-order chi connectivity index (χ1) is 13.0. The maximum Gasteiger partial charge on any atom is 0.255 e. The minimum Gasteiger partial charge on any atom is -0.354 e. The molecule has 156 valence electrons. The van der Waals surface area contributed by atoms with Crippen molar-refractivity contribution in [2.24, 2.45) is 5.41 Å². The molecule has 1 N–H and O–H groups in total. The SMILES string of the molecule is CCCCNC(=O)C1CSC(C(C)(C)C)N1C(=O)c1ccc(C(C)(C)C)cc1. The van der Waals surface area contributed by atoms with Crippen LogP contribution in [-0.4, -0.2) is 40.4 Å². The van der Waals surface area contributed by atoms with Gasteiger partial charge in [-0.15, -0.1) is 11.8 Å². The number of nitrogens with one attached hydrogen (secondary N) is 1. The van der Waals surface area contributed by atoms with E-state index in [0.717, 1.165) is 12.8 Å². The molecule has 0 saturated carbocycles. The lowest BCUT2D eigenvalue weighted by Gasteiger charge is -2.36. The van der Waals surface area contributed by atoms with Crippen LogP contribution < -0.4 is 5.32 Å². The van der Waals surface area contributed by atoms with Gasteiger partial charge in [0.05, 0.1) is 5.37 Å². The Hall–Kier alpha value is -1.49. The van der Waals surface area contributed by atoms with E-state index >= 15 is 0 Å². The molecule has 28 heavy (non-hydrogen) atoms. The lowest BCUT2D eigenvalue weighted by atomic mass is 9.86. The van der Waals surface area contributed by atoms with E-state index in [9.17, 15) is 9.59 Å². The van der Waals surface area contributed by atoms with Crippen molar-refractivity contribution in [3.8, 4) is 0 Å². The van der Waals surface area contributed by atoms with Crippen LogP contribution >= 0.6 is 11.8 Å². The average molecular weight is 405 g/mol. The quantitative estimate of drug-likeness (QED) is 0.715. The highest BCUT2D eigenvalue weighted by Crippen LogP contribution is 2.41. The van der Waals surface area contributed by atoms with Crippen LogP contribution in [0.25, 0.3) is 0 Å². The molecule has 0 aliphatic carbocycles. The van der Waals surface area contributed by atoms with Crippen LogP contribution in [0.4, 0.5) is 0 Å². The Labute approximate surface area is 174 Å². The smallest absolute Gasteiger partial charge is 0.255 e. The minimum absolute atomic E-state index is 0.0239. The summed E-state index contributed by atoms with van der Waals surface area (Å²) < 4.78 is 0. The standard InChI is InChI=1S/C23H36N2O2S/c1-8-9-14-24-19(26)18-15-28-21(23(5,6)7)25(18)20(27)16-10-12-17(13-11-16)22(2,3)4/h10-13,18,21H,8-9,14-15H2,1-7H3,(H,24,26). The average Bonchev–Trinajstić information content (AvgIpc) is 3.06. The van der Waals surface area contributed by atoms with Gasteiger partial charge in [0.1, 0.15) is 6.04 Å². The number of nitrogens with zero attached hydrogens (tertiary/aromatic N) is 1. The van der Waals surface area contributed by atoms with Crippen LogP contribution in [0.2, 0.25) is 0 Å². The predicted octanol–water partition coefficient (Wildman–Crippen LogP) is 4.83. The van der Waals surface area contributed by atoms with E-state index in [1.807, 2.05) is 29.2 Å². The first-order valence-electron chi connectivity index (χ1n) is 10.3. The Morgan fingerprint density at radius 1 is 1.11 bits per heavy atom. The Kier molecular flexibility index (Phi) is 7.24. The first-order valence-corrected chi connectivity index (χ1v) is 11.3. The monoisotopic (exact) mass is 404 g/mol. The van der Waals surface area contributed by atoms with Gasteiger partial charge >= 0.3 is 0 Å². The fourth-order valence-corrected chi connectivity index (χ4v) is 4.97. The molecule has 1 saturated heterocycles. The number of amides is 2. The molecule has 1 fully saturated rings. The van der Waals surface area contributed by atoms with Crippen LogP contribution in [0.5, 0.6) is 0 Å². The Morgan fingerprint density at radius 3 is 2.21 bits per heavy atom. The molecule has 1 aliphatic heterocycles. The van der Waals surface area contributed by atoms with Crippen LogP contribution in [-0.2, 0) is 10.2 Å². The summed E-state index contributed by atoms with van der Waals surface area (Å²) in [6, 6.07) is 7.44. The van der Waals surface area contributed by atoms with E-state index in [2.05, 4.69) is 53.8 Å². The van der Waals surface area contributed by atoms with Crippen molar-refractivity contribution in [3.05, 3.63) is 35.4 Å². The molecular weight excluding hydrogens is 368 g/mol. The highest BCUT2D eigenvalue weighted by molar-refractivity contribution is 8.00. The molecule has 2 rings (SSSR count). The summed E-state index contributed by atoms with van der Waals surface area (Å²) in [6.07, 6.45) is 1.99. The van der Waals surface area contributed by atoms with E-state index in [-0.39, 0.29) is 28.0 Å². The molecule has 5 heteroatoms. The van der Waals surface area contributed by atoms with Gasteiger partial charge in [0, 0.05) is 17.9 Å². The molecule has 0 spiro atoms. The fraction of sp³-hybridized carbons (Fsp3) is 0.652. The van der Waals surface area contributed by atoms with Crippen molar-refractivity contribution in [2.45, 2.75) is 78.1 Å². The van der Waals surface area contributed by atoms with Crippen LogP contribution in [0.1, 0.15) is 77.2 Å². The number of carbonyl (C=O) groups is 2. The molecule has 0 bridgehead atoms. The molecule has 1 heterocycles. The van der Waals surface area contributed by atoms with E-state index < -0.39 is 6.04 Å². The molecule has 1 aromatic carbocycles. The van der Waals surface area contributed by atoms with Crippen LogP contribution in [0.15, 0.2) is 24.3 Å². The summed E-state index contributed by atoms with van der Waals surface area (Å²) >= 11 is 1.71. The summed E-state index contributed by atoms with van der Waals surface area (Å²) in [5, 5.41) is 2.99. The Morgan fingerprint density at radius 2 is 1.71 bits per heavy atom. The highest BCUT2D eigenvalue weighted by Gasteiger charge is 2.46. The van der Waals surface area contributed by atoms with Gasteiger partial charge in [0.2, 0.25) is 5.91 Å². The normalized spacial score (nSPS) is 20.3. The van der Waals surface area contributed by atoms with Crippen molar-refractivity contribution in [3.63, 3.8) is 0 Å². The molecular formula is C23H36N2O2S. The molecule has 2 atom stereocenters. The van der Waals surface area contributed by atoms with Gasteiger partial charge in [0.15, 0.2) is 0 Å². The largest absolute Gasteiger partial charge is 0.354 e. The predicted molar refractivity (Wildman–Crippen MR) is 119 cm³/mol. The van der Waals surface area contributed by atoms with Gasteiger partial charge < -0.3 is 10.2 Å². The molecule has 1 aliphatic rings. The number of carbonyl (C=O) groups excluding carboxylic acids is 2. The van der Waals surface area contributed by atoms with Gasteiger partial charge in [0.25, 0.3) is 5.91 Å². The van der Waals surface area contributed by atoms with E-state index in [1.54, 1.807) is 11.8 Å². The van der Waals surface area contributed by atoms with E-state index in [0.29, 0.717) is 17.9 Å². The first kappa shape index (κ1) is 22.8. The van der Waals surface area contributed by atoms with E-state index in [4.69, 9.17) is 0 Å². The third kappa shape index (κ3) is 5.31. The summed E-state index contributed by atoms with van der Waals surface area (Å²) in [5.74, 6) is 0.555. The number of hydrogen-bond donors (Lipinski definition) is 1. The van der Waals surface area contributed by atoms with Crippen molar-refractivity contribution >= 4 is 23.6 Å². The summed E-state index contributed by atoms with van der Waals surface area (Å²) in [4.78, 5) is 28.1. The molecule has 2 amide bonds. The van der Waals surface area contributed by atoms with Crippen molar-refractivity contribution in [1.29, 1.82) is 0 Å². The third-order valence-electron chi connectivity index (χ3n) is 5.11. The lowest BCUT2D eigenvalue weighted by molar-refractivity contribution is -0.125. The van der Waals surface area contributed by atoms with Crippen molar-refractivity contribution in [2.75, 3.05) is 12.3 Å². The summed E-state index contributed by atoms with van der Waals surface area (Å²) in [7, 11) is 0. The fourth-order valence-electron chi connectivity index (χ4n) is 3.39. The molecule has 0 radical (unpaired) electrons. The molecule has 0 aromatic heterocycles. The van der Waals surface area contributed by atoms with Crippen molar-refractivity contribution < 1.29 is 9.59 Å². The number of thioether (sulfide) groups is 1. The zero-order valence-corrected chi connectivity index (χ0v) is 19.3. The van der Waals surface area contributed by atoms with Crippen LogP contribution in [0, 0.1) is 5.41 Å². The molecule has 1 aromatic rings. The Balaban J connectivity index is 2.28. The van der Waals surface area contributed by atoms with Gasteiger partial charge in [-0.3, -0.25) is 9.59 Å². The number of rotatable bonds is 5. The second kappa shape index (κ2) is 8.89.